The zero-order valence-electron chi connectivity index (χ0n) is 12.3. The predicted octanol–water partition coefficient (Wildman–Crippen LogP) is 1.01. The van der Waals surface area contributed by atoms with Crippen LogP contribution in [-0.4, -0.2) is 56.1 Å². The molecular formula is C13H23N5OS. The average Bonchev–Trinajstić information content (AvgIpc) is 2.80. The molecule has 0 radical (unpaired) electrons. The summed E-state index contributed by atoms with van der Waals surface area (Å²) >= 11 is 1.33. The quantitative estimate of drug-likeness (QED) is 0.867. The van der Waals surface area contributed by atoms with Crippen LogP contribution >= 0.6 is 11.3 Å². The maximum Gasteiger partial charge on any atom is 0.265 e. The molecule has 0 saturated carbocycles. The molecule has 2 rings (SSSR count). The molecule has 0 aromatic carbocycles. The molecule has 20 heavy (non-hydrogen) atoms. The van der Waals surface area contributed by atoms with E-state index in [4.69, 9.17) is 5.73 Å². The average molecular weight is 297 g/mol. The van der Waals surface area contributed by atoms with Crippen molar-refractivity contribution < 1.29 is 4.79 Å². The summed E-state index contributed by atoms with van der Waals surface area (Å²) in [5.41, 5.74) is 5.82. The summed E-state index contributed by atoms with van der Waals surface area (Å²) in [6, 6.07) is 0.426. The van der Waals surface area contributed by atoms with Crippen LogP contribution in [0, 0.1) is 0 Å². The van der Waals surface area contributed by atoms with Crippen LogP contribution in [0.2, 0.25) is 0 Å². The summed E-state index contributed by atoms with van der Waals surface area (Å²) in [6.45, 7) is 1.78. The number of nitrogens with one attached hydrogen (secondary N) is 1. The first-order valence-electron chi connectivity index (χ1n) is 6.91. The molecule has 112 valence electrons. The molecule has 1 unspecified atom stereocenters. The number of likely N-dealkylation sites (tertiary alicyclic amines) is 1. The van der Waals surface area contributed by atoms with E-state index in [1.807, 2.05) is 19.0 Å². The number of carbonyl (C=O) groups excluding carboxylic acids is 1. The number of likely N-dealkylation sites (N-methyl/N-ethyl adjacent to an activating group) is 1. The van der Waals surface area contributed by atoms with Gasteiger partial charge in [-0.05, 0) is 26.4 Å². The topological polar surface area (TPSA) is 74.5 Å². The first kappa shape index (κ1) is 15.1. The number of hydrogen-bond donors (Lipinski definition) is 2. The third kappa shape index (κ3) is 3.40. The number of nitrogens with zero attached hydrogens (tertiary/aromatic N) is 3. The molecule has 1 saturated heterocycles. The van der Waals surface area contributed by atoms with E-state index >= 15 is 0 Å². The molecule has 1 atom stereocenters. The van der Waals surface area contributed by atoms with Crippen molar-refractivity contribution in [1.29, 1.82) is 0 Å². The van der Waals surface area contributed by atoms with Crippen molar-refractivity contribution in [1.82, 2.24) is 15.2 Å². The van der Waals surface area contributed by atoms with Gasteiger partial charge in [-0.25, -0.2) is 4.98 Å². The Hall–Kier alpha value is -1.34. The van der Waals surface area contributed by atoms with Crippen LogP contribution < -0.4 is 16.0 Å². The molecule has 1 aliphatic rings. The largest absolute Gasteiger partial charge is 0.382 e. The predicted molar refractivity (Wildman–Crippen MR) is 83.5 cm³/mol. The summed E-state index contributed by atoms with van der Waals surface area (Å²) in [7, 11) is 5.88. The van der Waals surface area contributed by atoms with E-state index in [2.05, 4.69) is 22.2 Å². The number of rotatable bonds is 4. The summed E-state index contributed by atoms with van der Waals surface area (Å²) in [5.74, 6) is 0.195. The fourth-order valence-electron chi connectivity index (χ4n) is 2.37. The lowest BCUT2D eigenvalue weighted by Gasteiger charge is -2.32. The number of carbonyl (C=O) groups is 1. The van der Waals surface area contributed by atoms with E-state index in [1.54, 1.807) is 0 Å². The minimum Gasteiger partial charge on any atom is -0.382 e. The summed E-state index contributed by atoms with van der Waals surface area (Å²) in [4.78, 5) is 21.1. The fraction of sp³-hybridized carbons (Fsp3) is 0.692. The fourth-order valence-corrected chi connectivity index (χ4v) is 3.19. The van der Waals surface area contributed by atoms with Gasteiger partial charge < -0.3 is 20.9 Å². The molecular weight excluding hydrogens is 274 g/mol. The molecule has 3 N–H and O–H groups in total. The first-order chi connectivity index (χ1) is 9.49. The molecule has 7 heteroatoms. The van der Waals surface area contributed by atoms with Crippen LogP contribution in [0.15, 0.2) is 0 Å². The highest BCUT2D eigenvalue weighted by Crippen LogP contribution is 2.26. The van der Waals surface area contributed by atoms with Gasteiger partial charge in [-0.15, -0.1) is 0 Å². The number of aromatic nitrogens is 1. The molecule has 6 nitrogen and oxygen atoms in total. The second kappa shape index (κ2) is 6.41. The maximum absolute atomic E-state index is 12.2. The van der Waals surface area contributed by atoms with Gasteiger partial charge in [0.05, 0.1) is 0 Å². The van der Waals surface area contributed by atoms with E-state index in [9.17, 15) is 4.79 Å². The molecule has 2 heterocycles. The van der Waals surface area contributed by atoms with Gasteiger partial charge in [0, 0.05) is 26.7 Å². The standard InChI is InChI=1S/C13H23N5OS/c1-17(2)13-16-11(14)10(20-13)12(19)15-8-9-6-4-5-7-18(9)3/h9H,4-8,14H2,1-3H3,(H,15,19). The normalized spacial score (nSPS) is 19.9. The van der Waals surface area contributed by atoms with Crippen molar-refractivity contribution >= 4 is 28.2 Å². The van der Waals surface area contributed by atoms with Crippen LogP contribution in [0.5, 0.6) is 0 Å². The van der Waals surface area contributed by atoms with E-state index in [0.29, 0.717) is 23.3 Å². The number of hydrogen-bond acceptors (Lipinski definition) is 6. The Morgan fingerprint density at radius 3 is 2.90 bits per heavy atom. The molecule has 1 aliphatic heterocycles. The SMILES string of the molecule is CN(C)c1nc(N)c(C(=O)NCC2CCCCN2C)s1. The summed E-state index contributed by atoms with van der Waals surface area (Å²) < 4.78 is 0. The molecule has 1 aromatic heterocycles. The summed E-state index contributed by atoms with van der Waals surface area (Å²) in [6.07, 6.45) is 3.62. The van der Waals surface area contributed by atoms with Gasteiger partial charge in [-0.3, -0.25) is 4.79 Å². The van der Waals surface area contributed by atoms with Crippen LogP contribution in [0.3, 0.4) is 0 Å². The van der Waals surface area contributed by atoms with Gasteiger partial charge in [-0.1, -0.05) is 17.8 Å². The number of anilines is 2. The Bertz CT molecular complexity index is 473. The molecule has 1 amide bonds. The molecule has 0 aliphatic carbocycles. The Labute approximate surface area is 124 Å². The van der Waals surface area contributed by atoms with Crippen molar-refractivity contribution in [2.24, 2.45) is 0 Å². The third-order valence-electron chi connectivity index (χ3n) is 3.65. The third-order valence-corrected chi connectivity index (χ3v) is 4.89. The maximum atomic E-state index is 12.2. The molecule has 1 fully saturated rings. The van der Waals surface area contributed by atoms with Gasteiger partial charge in [0.25, 0.3) is 5.91 Å². The lowest BCUT2D eigenvalue weighted by atomic mass is 10.0. The van der Waals surface area contributed by atoms with Crippen molar-refractivity contribution in [3.8, 4) is 0 Å². The molecule has 1 aromatic rings. The second-order valence-electron chi connectivity index (χ2n) is 5.45. The van der Waals surface area contributed by atoms with Crippen LogP contribution in [0.4, 0.5) is 10.9 Å². The van der Waals surface area contributed by atoms with Crippen molar-refractivity contribution in [3.63, 3.8) is 0 Å². The molecule has 0 bridgehead atoms. The Morgan fingerprint density at radius 1 is 1.55 bits per heavy atom. The molecule has 0 spiro atoms. The zero-order valence-corrected chi connectivity index (χ0v) is 13.2. The van der Waals surface area contributed by atoms with E-state index < -0.39 is 0 Å². The zero-order chi connectivity index (χ0) is 14.7. The number of thiazole rings is 1. The monoisotopic (exact) mass is 297 g/mol. The summed E-state index contributed by atoms with van der Waals surface area (Å²) in [5, 5.41) is 3.74. The highest BCUT2D eigenvalue weighted by Gasteiger charge is 2.21. The van der Waals surface area contributed by atoms with E-state index in [1.165, 1.54) is 24.2 Å². The van der Waals surface area contributed by atoms with Gasteiger partial charge >= 0.3 is 0 Å². The second-order valence-corrected chi connectivity index (χ2v) is 6.42. The van der Waals surface area contributed by atoms with Gasteiger partial charge in [0.2, 0.25) is 0 Å². The van der Waals surface area contributed by atoms with Crippen molar-refractivity contribution in [2.75, 3.05) is 44.9 Å². The Kier molecular flexibility index (Phi) is 4.82. The number of nitrogen functional groups attached to an aromatic ring is 1. The highest BCUT2D eigenvalue weighted by atomic mass is 32.1. The highest BCUT2D eigenvalue weighted by molar-refractivity contribution is 7.18. The van der Waals surface area contributed by atoms with E-state index in [-0.39, 0.29) is 5.91 Å². The van der Waals surface area contributed by atoms with Gasteiger partial charge in [-0.2, -0.15) is 0 Å². The minimum absolute atomic E-state index is 0.118. The lowest BCUT2D eigenvalue weighted by Crippen LogP contribution is -2.44. The lowest BCUT2D eigenvalue weighted by molar-refractivity contribution is 0.0933. The van der Waals surface area contributed by atoms with Crippen molar-refractivity contribution in [2.45, 2.75) is 25.3 Å². The van der Waals surface area contributed by atoms with E-state index in [0.717, 1.165) is 18.1 Å². The number of piperidine rings is 1. The first-order valence-corrected chi connectivity index (χ1v) is 7.72. The number of amides is 1. The van der Waals surface area contributed by atoms with Crippen LogP contribution in [-0.2, 0) is 0 Å². The van der Waals surface area contributed by atoms with Crippen molar-refractivity contribution in [3.05, 3.63) is 4.88 Å². The smallest absolute Gasteiger partial charge is 0.265 e. The Morgan fingerprint density at radius 2 is 2.30 bits per heavy atom. The Balaban J connectivity index is 1.94. The van der Waals surface area contributed by atoms with Gasteiger partial charge in [0.15, 0.2) is 5.13 Å². The van der Waals surface area contributed by atoms with Gasteiger partial charge in [0.1, 0.15) is 10.7 Å². The number of nitrogens with two attached hydrogens (primary N) is 1. The minimum atomic E-state index is -0.118. The van der Waals surface area contributed by atoms with Crippen LogP contribution in [0.25, 0.3) is 0 Å². The van der Waals surface area contributed by atoms with Crippen LogP contribution in [0.1, 0.15) is 28.9 Å².